The molecule has 11 heteroatoms. The molecule has 0 aromatic heterocycles. The molecule has 0 spiro atoms. The van der Waals surface area contributed by atoms with Crippen molar-refractivity contribution in [2.24, 2.45) is 5.73 Å². The molecule has 120 valence electrons. The van der Waals surface area contributed by atoms with Crippen LogP contribution < -0.4 is 11.1 Å². The van der Waals surface area contributed by atoms with Crippen molar-refractivity contribution in [2.75, 3.05) is 6.61 Å². The maximum absolute atomic E-state index is 12.3. The first-order chi connectivity index (χ1) is 10.1. The Hall–Kier alpha value is -2.56. The van der Waals surface area contributed by atoms with E-state index in [1.807, 2.05) is 0 Å². The second-order valence-electron chi connectivity index (χ2n) is 3.82. The van der Waals surface area contributed by atoms with Crippen LogP contribution in [0.2, 0.25) is 0 Å². The minimum absolute atomic E-state index is 0.167. The molecular formula is C11H10F2N2O6S. The van der Waals surface area contributed by atoms with Crippen LogP contribution >= 0.6 is 0 Å². The minimum Gasteiger partial charge on any atom is -0.452 e. The summed E-state index contributed by atoms with van der Waals surface area (Å²) in [6.45, 7) is -0.793. The zero-order valence-corrected chi connectivity index (χ0v) is 11.6. The lowest BCUT2D eigenvalue weighted by Gasteiger charge is -2.06. The van der Waals surface area contributed by atoms with Gasteiger partial charge in [-0.3, -0.25) is 10.1 Å². The van der Waals surface area contributed by atoms with Crippen molar-refractivity contribution in [3.8, 4) is 0 Å². The summed E-state index contributed by atoms with van der Waals surface area (Å²) in [5.41, 5.74) is 4.50. The minimum atomic E-state index is -4.76. The van der Waals surface area contributed by atoms with Crippen LogP contribution in [0, 0.1) is 0 Å². The van der Waals surface area contributed by atoms with Crippen molar-refractivity contribution in [1.82, 2.24) is 5.32 Å². The van der Waals surface area contributed by atoms with E-state index in [9.17, 15) is 31.6 Å². The zero-order chi connectivity index (χ0) is 16.9. The zero-order valence-electron chi connectivity index (χ0n) is 10.8. The molecule has 1 aromatic carbocycles. The first-order valence-electron chi connectivity index (χ1n) is 5.53. The molecule has 3 N–H and O–H groups in total. The van der Waals surface area contributed by atoms with Gasteiger partial charge in [0.25, 0.3) is 5.91 Å². The van der Waals surface area contributed by atoms with Gasteiger partial charge in [0.05, 0.1) is 10.5 Å². The number of carbonyl (C=O) groups is 3. The van der Waals surface area contributed by atoms with Gasteiger partial charge < -0.3 is 10.5 Å². The summed E-state index contributed by atoms with van der Waals surface area (Å²) >= 11 is 0. The van der Waals surface area contributed by atoms with Gasteiger partial charge in [0.1, 0.15) is 0 Å². The van der Waals surface area contributed by atoms with E-state index >= 15 is 0 Å². The number of carbonyl (C=O) groups excluding carboxylic acids is 3. The van der Waals surface area contributed by atoms with Crippen LogP contribution in [0.25, 0.3) is 0 Å². The van der Waals surface area contributed by atoms with Crippen LogP contribution in [0.3, 0.4) is 0 Å². The average Bonchev–Trinajstić information content (AvgIpc) is 2.44. The fourth-order valence-electron chi connectivity index (χ4n) is 1.27. The number of halogens is 2. The van der Waals surface area contributed by atoms with Crippen LogP contribution in [0.15, 0.2) is 29.2 Å². The molecule has 0 atom stereocenters. The summed E-state index contributed by atoms with van der Waals surface area (Å²) in [4.78, 5) is 32.2. The van der Waals surface area contributed by atoms with Gasteiger partial charge in [0.15, 0.2) is 6.61 Å². The third-order valence-electron chi connectivity index (χ3n) is 2.25. The molecule has 0 saturated heterocycles. The molecule has 22 heavy (non-hydrogen) atoms. The average molecular weight is 336 g/mol. The number of benzene rings is 1. The second-order valence-corrected chi connectivity index (χ2v) is 5.74. The van der Waals surface area contributed by atoms with Gasteiger partial charge in [-0.15, -0.1) is 0 Å². The summed E-state index contributed by atoms with van der Waals surface area (Å²) in [6.07, 6.45) is 0. The number of nitrogens with two attached hydrogens (primary N) is 1. The van der Waals surface area contributed by atoms with Gasteiger partial charge in [-0.1, -0.05) is 0 Å². The van der Waals surface area contributed by atoms with Crippen LogP contribution in [-0.4, -0.2) is 38.7 Å². The Kier molecular flexibility index (Phi) is 5.51. The molecule has 0 saturated carbocycles. The Morgan fingerprint density at radius 1 is 1.18 bits per heavy atom. The van der Waals surface area contributed by atoms with Crippen molar-refractivity contribution in [3.05, 3.63) is 29.8 Å². The molecule has 0 aliphatic rings. The quantitative estimate of drug-likeness (QED) is 0.729. The van der Waals surface area contributed by atoms with Crippen molar-refractivity contribution in [1.29, 1.82) is 0 Å². The van der Waals surface area contributed by atoms with E-state index in [2.05, 4.69) is 10.5 Å². The predicted octanol–water partition coefficient (Wildman–Crippen LogP) is 0.0346. The van der Waals surface area contributed by atoms with E-state index in [1.165, 1.54) is 0 Å². The maximum Gasteiger partial charge on any atom is 0.341 e. The highest BCUT2D eigenvalue weighted by molar-refractivity contribution is 7.91. The third kappa shape index (κ3) is 4.48. The standard InChI is InChI=1S/C11H10F2N2O6S/c12-10(13)22(19,20)7-3-1-6(2-4-7)9(17)21-5-8(16)15-11(14)18/h1-4,10H,5H2,(H3,14,15,16,18). The number of ether oxygens (including phenoxy) is 1. The summed E-state index contributed by atoms with van der Waals surface area (Å²) < 4.78 is 51.5. The monoisotopic (exact) mass is 336 g/mol. The summed E-state index contributed by atoms with van der Waals surface area (Å²) in [5.74, 6) is -5.55. The number of nitrogens with one attached hydrogen (secondary N) is 1. The molecule has 3 amide bonds. The van der Waals surface area contributed by atoms with Crippen molar-refractivity contribution in [3.63, 3.8) is 0 Å². The molecule has 0 fully saturated rings. The van der Waals surface area contributed by atoms with E-state index < -0.39 is 45.0 Å². The fourth-order valence-corrected chi connectivity index (χ4v) is 1.99. The molecule has 1 aromatic rings. The summed E-state index contributed by atoms with van der Waals surface area (Å²) in [5, 5.41) is 1.65. The lowest BCUT2D eigenvalue weighted by molar-refractivity contribution is -0.123. The van der Waals surface area contributed by atoms with Crippen molar-refractivity contribution < 1.29 is 36.3 Å². The third-order valence-corrected chi connectivity index (χ3v) is 3.65. The Bertz CT molecular complexity index is 687. The fraction of sp³-hybridized carbons (Fsp3) is 0.182. The number of sulfone groups is 1. The summed E-state index contributed by atoms with van der Waals surface area (Å²) in [7, 11) is -4.76. The Morgan fingerprint density at radius 2 is 1.73 bits per heavy atom. The summed E-state index contributed by atoms with van der Waals surface area (Å²) in [6, 6.07) is 2.39. The number of primary amides is 1. The highest BCUT2D eigenvalue weighted by Crippen LogP contribution is 2.18. The van der Waals surface area contributed by atoms with Crippen LogP contribution in [0.5, 0.6) is 0 Å². The molecule has 0 heterocycles. The number of hydrogen-bond acceptors (Lipinski definition) is 6. The van der Waals surface area contributed by atoms with E-state index in [-0.39, 0.29) is 5.56 Å². The largest absolute Gasteiger partial charge is 0.452 e. The number of esters is 1. The van der Waals surface area contributed by atoms with E-state index in [1.54, 1.807) is 5.32 Å². The lowest BCUT2D eigenvalue weighted by atomic mass is 10.2. The highest BCUT2D eigenvalue weighted by Gasteiger charge is 2.26. The lowest BCUT2D eigenvalue weighted by Crippen LogP contribution is -2.37. The van der Waals surface area contributed by atoms with Crippen LogP contribution in [0.1, 0.15) is 10.4 Å². The Balaban J connectivity index is 2.73. The Labute approximate surface area is 123 Å². The van der Waals surface area contributed by atoms with Gasteiger partial charge in [0, 0.05) is 0 Å². The molecule has 0 aliphatic carbocycles. The molecule has 0 unspecified atom stereocenters. The van der Waals surface area contributed by atoms with Gasteiger partial charge in [-0.05, 0) is 24.3 Å². The van der Waals surface area contributed by atoms with Crippen LogP contribution in [0.4, 0.5) is 13.6 Å². The molecule has 0 radical (unpaired) electrons. The van der Waals surface area contributed by atoms with Gasteiger partial charge >= 0.3 is 17.8 Å². The number of hydrogen-bond donors (Lipinski definition) is 2. The SMILES string of the molecule is NC(=O)NC(=O)COC(=O)c1ccc(S(=O)(=O)C(F)F)cc1. The van der Waals surface area contributed by atoms with Crippen molar-refractivity contribution >= 4 is 27.7 Å². The van der Waals surface area contributed by atoms with E-state index in [0.717, 1.165) is 24.3 Å². The van der Waals surface area contributed by atoms with Gasteiger partial charge in [-0.2, -0.15) is 8.78 Å². The number of urea groups is 1. The van der Waals surface area contributed by atoms with E-state index in [4.69, 9.17) is 0 Å². The number of alkyl halides is 2. The number of amides is 3. The Morgan fingerprint density at radius 3 is 2.18 bits per heavy atom. The maximum atomic E-state index is 12.3. The van der Waals surface area contributed by atoms with Gasteiger partial charge in [0.2, 0.25) is 9.84 Å². The van der Waals surface area contributed by atoms with E-state index in [0.29, 0.717) is 0 Å². The normalized spacial score (nSPS) is 11.0. The first-order valence-corrected chi connectivity index (χ1v) is 7.07. The predicted molar refractivity (Wildman–Crippen MR) is 67.6 cm³/mol. The second kappa shape index (κ2) is 6.93. The van der Waals surface area contributed by atoms with Gasteiger partial charge in [-0.25, -0.2) is 18.0 Å². The molecule has 8 nitrogen and oxygen atoms in total. The highest BCUT2D eigenvalue weighted by atomic mass is 32.2. The molecule has 0 aliphatic heterocycles. The first kappa shape index (κ1) is 17.5. The molecule has 0 bridgehead atoms. The van der Waals surface area contributed by atoms with Crippen LogP contribution in [-0.2, 0) is 19.4 Å². The number of imide groups is 1. The molecule has 1 rings (SSSR count). The number of rotatable bonds is 5. The molecular weight excluding hydrogens is 326 g/mol. The van der Waals surface area contributed by atoms with Crippen molar-refractivity contribution in [2.45, 2.75) is 10.7 Å². The topological polar surface area (TPSA) is 133 Å². The smallest absolute Gasteiger partial charge is 0.341 e.